The number of H-pyrrole nitrogens is 1. The molecule has 2 aromatic rings. The second-order valence-corrected chi connectivity index (χ2v) is 9.22. The van der Waals surface area contributed by atoms with Crippen LogP contribution in [0.15, 0.2) is 29.3 Å². The fourth-order valence-corrected chi connectivity index (χ4v) is 6.65. The molecule has 0 bridgehead atoms. The van der Waals surface area contributed by atoms with Crippen LogP contribution < -0.4 is 0 Å². The lowest BCUT2D eigenvalue weighted by Gasteiger charge is -2.61. The average Bonchev–Trinajstić information content (AvgIpc) is 3.12. The summed E-state index contributed by atoms with van der Waals surface area (Å²) in [7, 11) is -3.65. The van der Waals surface area contributed by atoms with Crippen LogP contribution in [0.5, 0.6) is 0 Å². The van der Waals surface area contributed by atoms with Gasteiger partial charge in [-0.05, 0) is 43.7 Å². The van der Waals surface area contributed by atoms with Crippen molar-refractivity contribution in [1.29, 1.82) is 0 Å². The molecule has 0 amide bonds. The van der Waals surface area contributed by atoms with Gasteiger partial charge in [0.25, 0.3) is 0 Å². The van der Waals surface area contributed by atoms with Crippen LogP contribution in [0, 0.1) is 17.2 Å². The van der Waals surface area contributed by atoms with Crippen molar-refractivity contribution in [3.8, 4) is 0 Å². The normalized spacial score (nSPS) is 27.1. The van der Waals surface area contributed by atoms with Crippen molar-refractivity contribution in [3.63, 3.8) is 0 Å². The highest BCUT2D eigenvalue weighted by atomic mass is 32.2. The SMILES string of the molecule is O=S(=O)(c1c[nH]c2cccc(F)c12)N1CC2(CCC2)C1C1CC1. The number of aromatic amines is 1. The lowest BCUT2D eigenvalue weighted by Crippen LogP contribution is -2.69. The van der Waals surface area contributed by atoms with Gasteiger partial charge >= 0.3 is 0 Å². The van der Waals surface area contributed by atoms with Crippen molar-refractivity contribution in [1.82, 2.24) is 9.29 Å². The van der Waals surface area contributed by atoms with E-state index in [2.05, 4.69) is 4.98 Å². The van der Waals surface area contributed by atoms with Gasteiger partial charge in [0.1, 0.15) is 10.7 Å². The summed E-state index contributed by atoms with van der Waals surface area (Å²) >= 11 is 0. The van der Waals surface area contributed by atoms with Gasteiger partial charge in [0.05, 0.1) is 5.39 Å². The molecule has 122 valence electrons. The van der Waals surface area contributed by atoms with Crippen LogP contribution >= 0.6 is 0 Å². The van der Waals surface area contributed by atoms with E-state index in [1.807, 2.05) is 0 Å². The summed E-state index contributed by atoms with van der Waals surface area (Å²) in [4.78, 5) is 2.99. The summed E-state index contributed by atoms with van der Waals surface area (Å²) in [6.45, 7) is 0.609. The first kappa shape index (κ1) is 14.0. The molecule has 1 saturated heterocycles. The van der Waals surface area contributed by atoms with Gasteiger partial charge in [-0.25, -0.2) is 12.8 Å². The van der Waals surface area contributed by atoms with Crippen LogP contribution in [-0.2, 0) is 10.0 Å². The number of hydrogen-bond acceptors (Lipinski definition) is 2. The van der Waals surface area contributed by atoms with Crippen LogP contribution in [0.3, 0.4) is 0 Å². The molecule has 1 spiro atoms. The monoisotopic (exact) mass is 334 g/mol. The summed E-state index contributed by atoms with van der Waals surface area (Å²) in [6, 6.07) is 4.75. The Kier molecular flexibility index (Phi) is 2.65. The Bertz CT molecular complexity index is 896. The van der Waals surface area contributed by atoms with E-state index in [1.54, 1.807) is 16.4 Å². The van der Waals surface area contributed by atoms with Crippen molar-refractivity contribution >= 4 is 20.9 Å². The van der Waals surface area contributed by atoms with Gasteiger partial charge in [-0.15, -0.1) is 0 Å². The Balaban J connectivity index is 1.59. The van der Waals surface area contributed by atoms with E-state index in [-0.39, 0.29) is 21.7 Å². The van der Waals surface area contributed by atoms with Crippen molar-refractivity contribution in [2.75, 3.05) is 6.54 Å². The highest BCUT2D eigenvalue weighted by Crippen LogP contribution is 2.61. The van der Waals surface area contributed by atoms with Gasteiger partial charge in [-0.1, -0.05) is 12.5 Å². The minimum absolute atomic E-state index is 0.0884. The molecule has 1 aromatic carbocycles. The average molecular weight is 334 g/mol. The largest absolute Gasteiger partial charge is 0.360 e. The van der Waals surface area contributed by atoms with Crippen molar-refractivity contribution in [2.45, 2.75) is 43.0 Å². The predicted octanol–water partition coefficient (Wildman–Crippen LogP) is 3.26. The number of nitrogens with one attached hydrogen (secondary N) is 1. The molecule has 4 nitrogen and oxygen atoms in total. The number of fused-ring (bicyclic) bond motifs is 1. The predicted molar refractivity (Wildman–Crippen MR) is 84.9 cm³/mol. The third kappa shape index (κ3) is 1.76. The summed E-state index contributed by atoms with van der Waals surface area (Å²) in [5.41, 5.74) is 0.754. The molecule has 2 heterocycles. The Morgan fingerprint density at radius 1 is 1.26 bits per heavy atom. The lowest BCUT2D eigenvalue weighted by atomic mass is 9.58. The van der Waals surface area contributed by atoms with E-state index < -0.39 is 15.8 Å². The number of benzene rings is 1. The molecule has 2 saturated carbocycles. The zero-order valence-corrected chi connectivity index (χ0v) is 13.6. The van der Waals surface area contributed by atoms with E-state index in [0.717, 1.165) is 25.7 Å². The van der Waals surface area contributed by atoms with Gasteiger partial charge in [0.15, 0.2) is 0 Å². The summed E-state index contributed by atoms with van der Waals surface area (Å²) in [5.74, 6) is 0.0260. The van der Waals surface area contributed by atoms with E-state index >= 15 is 0 Å². The number of rotatable bonds is 3. The third-order valence-corrected chi connectivity index (χ3v) is 7.88. The Labute approximate surface area is 134 Å². The smallest absolute Gasteiger partial charge is 0.245 e. The zero-order valence-electron chi connectivity index (χ0n) is 12.8. The first-order valence-corrected chi connectivity index (χ1v) is 9.74. The number of hydrogen-bond donors (Lipinski definition) is 1. The molecule has 3 aliphatic rings. The molecule has 0 radical (unpaired) electrons. The van der Waals surface area contributed by atoms with Crippen LogP contribution in [0.2, 0.25) is 0 Å². The lowest BCUT2D eigenvalue weighted by molar-refractivity contribution is -0.0857. The zero-order chi connectivity index (χ0) is 15.8. The highest BCUT2D eigenvalue weighted by Gasteiger charge is 2.63. The maximum absolute atomic E-state index is 14.2. The molecule has 1 N–H and O–H groups in total. The van der Waals surface area contributed by atoms with Gasteiger partial charge in [-0.3, -0.25) is 0 Å². The fraction of sp³-hybridized carbons (Fsp3) is 0.529. The molecular weight excluding hydrogens is 315 g/mol. The maximum atomic E-state index is 14.2. The summed E-state index contributed by atoms with van der Waals surface area (Å²) in [5, 5.41) is 0.191. The number of sulfonamides is 1. The molecule has 5 rings (SSSR count). The van der Waals surface area contributed by atoms with E-state index in [0.29, 0.717) is 18.0 Å². The van der Waals surface area contributed by atoms with Gasteiger partial charge in [-0.2, -0.15) is 4.31 Å². The standard InChI is InChI=1S/C17H19FN2O2S/c18-12-3-1-4-13-15(12)14(9-19-13)23(21,22)20-10-17(7-2-8-17)16(20)11-5-6-11/h1,3-4,9,11,16,19H,2,5-8,10H2. The third-order valence-electron chi connectivity index (χ3n) is 6.03. The van der Waals surface area contributed by atoms with Crippen LogP contribution in [0.4, 0.5) is 4.39 Å². The topological polar surface area (TPSA) is 53.2 Å². The Morgan fingerprint density at radius 3 is 2.70 bits per heavy atom. The number of aromatic nitrogens is 1. The molecule has 1 atom stereocenters. The number of nitrogens with zero attached hydrogens (tertiary/aromatic N) is 1. The maximum Gasteiger partial charge on any atom is 0.245 e. The summed E-state index contributed by atoms with van der Waals surface area (Å²) < 4.78 is 42.1. The molecule has 1 unspecified atom stereocenters. The van der Waals surface area contributed by atoms with Gasteiger partial charge < -0.3 is 4.98 Å². The van der Waals surface area contributed by atoms with E-state index in [4.69, 9.17) is 0 Å². The second-order valence-electron chi connectivity index (χ2n) is 7.36. The molecule has 2 aliphatic carbocycles. The van der Waals surface area contributed by atoms with Gasteiger partial charge in [0.2, 0.25) is 10.0 Å². The van der Waals surface area contributed by atoms with Crippen molar-refractivity contribution in [3.05, 3.63) is 30.2 Å². The van der Waals surface area contributed by atoms with Crippen LogP contribution in [0.1, 0.15) is 32.1 Å². The quantitative estimate of drug-likeness (QED) is 0.937. The summed E-state index contributed by atoms with van der Waals surface area (Å²) in [6.07, 6.45) is 7.18. The molecule has 1 aliphatic heterocycles. The molecule has 6 heteroatoms. The minimum Gasteiger partial charge on any atom is -0.360 e. The Morgan fingerprint density at radius 2 is 2.04 bits per heavy atom. The van der Waals surface area contributed by atoms with Crippen LogP contribution in [0.25, 0.3) is 10.9 Å². The minimum atomic E-state index is -3.65. The van der Waals surface area contributed by atoms with E-state index in [9.17, 15) is 12.8 Å². The first-order valence-electron chi connectivity index (χ1n) is 8.30. The number of halogens is 1. The highest BCUT2D eigenvalue weighted by molar-refractivity contribution is 7.89. The molecule has 3 fully saturated rings. The second kappa shape index (κ2) is 4.36. The Hall–Kier alpha value is -1.40. The van der Waals surface area contributed by atoms with Crippen molar-refractivity contribution < 1.29 is 12.8 Å². The molecule has 1 aromatic heterocycles. The first-order chi connectivity index (χ1) is 11.0. The van der Waals surface area contributed by atoms with Crippen LogP contribution in [-0.4, -0.2) is 30.3 Å². The molecular formula is C17H19FN2O2S. The fourth-order valence-electron chi connectivity index (χ4n) is 4.60. The van der Waals surface area contributed by atoms with Crippen molar-refractivity contribution in [2.24, 2.45) is 11.3 Å². The van der Waals surface area contributed by atoms with Gasteiger partial charge in [0, 0.05) is 29.7 Å². The molecule has 23 heavy (non-hydrogen) atoms. The van der Waals surface area contributed by atoms with E-state index in [1.165, 1.54) is 18.7 Å².